The summed E-state index contributed by atoms with van der Waals surface area (Å²) in [5.74, 6) is 0.778. The first-order valence-electron chi connectivity index (χ1n) is 10.2. The van der Waals surface area contributed by atoms with Crippen LogP contribution in [-0.4, -0.2) is 19.6 Å². The van der Waals surface area contributed by atoms with Crippen LogP contribution in [0.2, 0.25) is 0 Å². The van der Waals surface area contributed by atoms with Crippen LogP contribution < -0.4 is 19.7 Å². The number of nitriles is 1. The molecule has 1 heterocycles. The maximum atomic E-state index is 12.6. The number of rotatable bonds is 7. The van der Waals surface area contributed by atoms with Crippen LogP contribution in [-0.2, 0) is 4.79 Å². The third kappa shape index (κ3) is 4.64. The normalized spacial score (nSPS) is 16.1. The predicted molar refractivity (Wildman–Crippen MR) is 124 cm³/mol. The minimum absolute atomic E-state index is 0.0213. The number of aryl methyl sites for hydroxylation is 2. The molecule has 0 spiro atoms. The monoisotopic (exact) mass is 437 g/mol. The number of nitrogens with zero attached hydrogens (tertiary/aromatic N) is 2. The van der Waals surface area contributed by atoms with E-state index in [1.165, 1.54) is 0 Å². The van der Waals surface area contributed by atoms with E-state index in [1.54, 1.807) is 7.11 Å². The molecule has 7 heteroatoms. The molecule has 0 aliphatic carbocycles. The minimum Gasteiger partial charge on any atom is -0.493 e. The van der Waals surface area contributed by atoms with Gasteiger partial charge in [0.05, 0.1) is 18.7 Å². The Bertz CT molecular complexity index is 1060. The standard InChI is InChI=1S/C24H27N3O3S/c1-5-6-11-30-20-10-9-17(13-21(20)29-4)22-26-23(28)18(14-25)24(31)27(22)19-12-15(2)7-8-16(19)3/h7-10,12-13,22,31H,5-6,11H2,1-4H3,(H,26,28). The van der Waals surface area contributed by atoms with Gasteiger partial charge in [0.25, 0.3) is 5.91 Å². The highest BCUT2D eigenvalue weighted by Gasteiger charge is 2.35. The number of benzene rings is 2. The van der Waals surface area contributed by atoms with Gasteiger partial charge in [0, 0.05) is 5.69 Å². The number of amides is 1. The summed E-state index contributed by atoms with van der Waals surface area (Å²) in [5, 5.41) is 12.8. The summed E-state index contributed by atoms with van der Waals surface area (Å²) >= 11 is 4.59. The van der Waals surface area contributed by atoms with E-state index in [0.717, 1.165) is 35.2 Å². The predicted octanol–water partition coefficient (Wildman–Crippen LogP) is 4.79. The zero-order valence-corrected chi connectivity index (χ0v) is 19.1. The first-order chi connectivity index (χ1) is 14.9. The minimum atomic E-state index is -0.559. The highest BCUT2D eigenvalue weighted by molar-refractivity contribution is 7.84. The van der Waals surface area contributed by atoms with Crippen LogP contribution in [0.5, 0.6) is 11.5 Å². The van der Waals surface area contributed by atoms with E-state index in [2.05, 4.69) is 24.9 Å². The van der Waals surface area contributed by atoms with Gasteiger partial charge in [0.15, 0.2) is 11.5 Å². The quantitative estimate of drug-likeness (QED) is 0.481. The molecular formula is C24H27N3O3S. The second-order valence-electron chi connectivity index (χ2n) is 7.46. The van der Waals surface area contributed by atoms with Gasteiger partial charge >= 0.3 is 0 Å². The van der Waals surface area contributed by atoms with Crippen molar-refractivity contribution in [2.75, 3.05) is 18.6 Å². The number of ether oxygens (including phenoxy) is 2. The topological polar surface area (TPSA) is 74.6 Å². The van der Waals surface area contributed by atoms with Gasteiger partial charge < -0.3 is 19.7 Å². The van der Waals surface area contributed by atoms with Gasteiger partial charge in [-0.15, -0.1) is 12.6 Å². The molecule has 2 aromatic carbocycles. The number of anilines is 1. The average molecular weight is 438 g/mol. The first-order valence-corrected chi connectivity index (χ1v) is 10.7. The maximum absolute atomic E-state index is 12.6. The SMILES string of the molecule is CCCCOc1ccc(C2NC(=O)C(C#N)=C(S)N2c2cc(C)ccc2C)cc1OC. The molecular weight excluding hydrogens is 410 g/mol. The van der Waals surface area contributed by atoms with Crippen molar-refractivity contribution in [2.45, 2.75) is 39.8 Å². The van der Waals surface area contributed by atoms with E-state index in [9.17, 15) is 10.1 Å². The number of nitrogens with one attached hydrogen (secondary N) is 1. The fraction of sp³-hybridized carbons (Fsp3) is 0.333. The first kappa shape index (κ1) is 22.6. The maximum Gasteiger partial charge on any atom is 0.266 e. The Morgan fingerprint density at radius 3 is 2.65 bits per heavy atom. The molecule has 6 nitrogen and oxygen atoms in total. The Labute approximate surface area is 188 Å². The van der Waals surface area contributed by atoms with E-state index in [-0.39, 0.29) is 5.57 Å². The molecule has 0 fully saturated rings. The molecule has 31 heavy (non-hydrogen) atoms. The number of hydrogen-bond acceptors (Lipinski definition) is 6. The van der Waals surface area contributed by atoms with E-state index >= 15 is 0 Å². The molecule has 3 rings (SSSR count). The van der Waals surface area contributed by atoms with Crippen LogP contribution in [0.25, 0.3) is 0 Å². The zero-order chi connectivity index (χ0) is 22.5. The summed E-state index contributed by atoms with van der Waals surface area (Å²) < 4.78 is 11.4. The summed E-state index contributed by atoms with van der Waals surface area (Å²) in [5.41, 5.74) is 3.70. The molecule has 1 unspecified atom stereocenters. The zero-order valence-electron chi connectivity index (χ0n) is 18.2. The Balaban J connectivity index is 2.09. The third-order valence-electron chi connectivity index (χ3n) is 5.20. The Kier molecular flexibility index (Phi) is 7.13. The smallest absolute Gasteiger partial charge is 0.266 e. The van der Waals surface area contributed by atoms with Crippen LogP contribution in [0.15, 0.2) is 47.0 Å². The van der Waals surface area contributed by atoms with E-state index in [4.69, 9.17) is 9.47 Å². The highest BCUT2D eigenvalue weighted by atomic mass is 32.1. The van der Waals surface area contributed by atoms with Gasteiger partial charge in [-0.05, 0) is 55.2 Å². The van der Waals surface area contributed by atoms with Crippen LogP contribution in [0.1, 0.15) is 42.6 Å². The summed E-state index contributed by atoms with van der Waals surface area (Å²) in [6.07, 6.45) is 1.43. The molecule has 1 amide bonds. The van der Waals surface area contributed by atoms with Crippen LogP contribution in [0.4, 0.5) is 5.69 Å². The van der Waals surface area contributed by atoms with Crippen molar-refractivity contribution >= 4 is 24.2 Å². The fourth-order valence-electron chi connectivity index (χ4n) is 3.47. The molecule has 0 saturated heterocycles. The van der Waals surface area contributed by atoms with Crippen molar-refractivity contribution in [1.29, 1.82) is 5.26 Å². The molecule has 1 N–H and O–H groups in total. The number of thiol groups is 1. The van der Waals surface area contributed by atoms with Crippen molar-refractivity contribution in [3.8, 4) is 17.6 Å². The van der Waals surface area contributed by atoms with Crippen LogP contribution in [0, 0.1) is 25.2 Å². The Morgan fingerprint density at radius 2 is 1.97 bits per heavy atom. The molecule has 162 valence electrons. The third-order valence-corrected chi connectivity index (χ3v) is 5.64. The lowest BCUT2D eigenvalue weighted by atomic mass is 10.0. The van der Waals surface area contributed by atoms with E-state index in [1.807, 2.05) is 61.2 Å². The van der Waals surface area contributed by atoms with Gasteiger partial charge in [-0.2, -0.15) is 5.26 Å². The van der Waals surface area contributed by atoms with Gasteiger partial charge in [0.2, 0.25) is 0 Å². The molecule has 1 aliphatic heterocycles. The summed E-state index contributed by atoms with van der Waals surface area (Å²) in [4.78, 5) is 14.5. The van der Waals surface area contributed by atoms with Crippen molar-refractivity contribution < 1.29 is 14.3 Å². The van der Waals surface area contributed by atoms with Crippen molar-refractivity contribution in [3.05, 3.63) is 63.7 Å². The summed E-state index contributed by atoms with van der Waals surface area (Å²) in [6.45, 7) is 6.70. The fourth-order valence-corrected chi connectivity index (χ4v) is 3.85. The van der Waals surface area contributed by atoms with Crippen molar-refractivity contribution in [1.82, 2.24) is 5.32 Å². The van der Waals surface area contributed by atoms with E-state index < -0.39 is 12.1 Å². The summed E-state index contributed by atoms with van der Waals surface area (Å²) in [6, 6.07) is 13.6. The molecule has 0 bridgehead atoms. The number of hydrogen-bond donors (Lipinski definition) is 2. The van der Waals surface area contributed by atoms with Gasteiger partial charge in [-0.3, -0.25) is 4.79 Å². The molecule has 2 aromatic rings. The molecule has 0 radical (unpaired) electrons. The second kappa shape index (κ2) is 9.80. The lowest BCUT2D eigenvalue weighted by molar-refractivity contribution is -0.118. The number of carbonyl (C=O) groups excluding carboxylic acids is 1. The second-order valence-corrected chi connectivity index (χ2v) is 7.88. The van der Waals surface area contributed by atoms with Gasteiger partial charge in [-0.1, -0.05) is 31.5 Å². The van der Waals surface area contributed by atoms with Crippen LogP contribution in [0.3, 0.4) is 0 Å². The number of unbranched alkanes of at least 4 members (excludes halogenated alkanes) is 1. The average Bonchev–Trinajstić information content (AvgIpc) is 2.76. The molecule has 0 saturated carbocycles. The molecule has 1 aliphatic rings. The lowest BCUT2D eigenvalue weighted by Gasteiger charge is -2.39. The number of carbonyl (C=O) groups is 1. The van der Waals surface area contributed by atoms with Crippen LogP contribution >= 0.6 is 12.6 Å². The Hall–Kier alpha value is -3.11. The lowest BCUT2D eigenvalue weighted by Crippen LogP contribution is -2.46. The summed E-state index contributed by atoms with van der Waals surface area (Å²) in [7, 11) is 1.59. The largest absolute Gasteiger partial charge is 0.493 e. The number of methoxy groups -OCH3 is 1. The van der Waals surface area contributed by atoms with Gasteiger partial charge in [0.1, 0.15) is 17.8 Å². The molecule has 0 aromatic heterocycles. The molecule has 1 atom stereocenters. The van der Waals surface area contributed by atoms with E-state index in [0.29, 0.717) is 23.1 Å². The van der Waals surface area contributed by atoms with Gasteiger partial charge in [-0.25, -0.2) is 0 Å². The highest BCUT2D eigenvalue weighted by Crippen LogP contribution is 2.40. The van der Waals surface area contributed by atoms with Crippen molar-refractivity contribution in [2.24, 2.45) is 0 Å². The van der Waals surface area contributed by atoms with Crippen molar-refractivity contribution in [3.63, 3.8) is 0 Å². The Morgan fingerprint density at radius 1 is 1.19 bits per heavy atom.